The van der Waals surface area contributed by atoms with Crippen molar-refractivity contribution in [2.75, 3.05) is 0 Å². The second-order valence-corrected chi connectivity index (χ2v) is 3.74. The number of aromatic nitrogens is 4. The first kappa shape index (κ1) is 11.8. The van der Waals surface area contributed by atoms with Gasteiger partial charge in [0.15, 0.2) is 4.77 Å². The molecule has 0 unspecified atom stereocenters. The minimum Gasteiger partial charge on any atom is -0.327 e. The Morgan fingerprint density at radius 1 is 1.35 bits per heavy atom. The standard InChI is InChI=1S/C9H7F3N4S/c1-16-3-2-5(15-16)6-4-7(9(10,11)12)14-8(17)13-6/h2-4H,1H3,(H,13,14,17). The Bertz CT molecular complexity index is 599. The maximum Gasteiger partial charge on any atom is 0.431 e. The smallest absolute Gasteiger partial charge is 0.327 e. The molecule has 0 aliphatic rings. The highest BCUT2D eigenvalue weighted by Crippen LogP contribution is 2.29. The Morgan fingerprint density at radius 2 is 2.06 bits per heavy atom. The normalized spacial score (nSPS) is 11.8. The predicted octanol–water partition coefficient (Wildman–Crippen LogP) is 2.56. The molecule has 0 spiro atoms. The molecule has 0 bridgehead atoms. The summed E-state index contributed by atoms with van der Waals surface area (Å²) >= 11 is 4.66. The summed E-state index contributed by atoms with van der Waals surface area (Å²) in [5.41, 5.74) is -0.488. The van der Waals surface area contributed by atoms with Gasteiger partial charge in [0.25, 0.3) is 0 Å². The van der Waals surface area contributed by atoms with Crippen LogP contribution in [0.3, 0.4) is 0 Å². The van der Waals surface area contributed by atoms with E-state index in [1.54, 1.807) is 19.3 Å². The van der Waals surface area contributed by atoms with Gasteiger partial charge < -0.3 is 4.98 Å². The van der Waals surface area contributed by atoms with Gasteiger partial charge in [0.2, 0.25) is 0 Å². The van der Waals surface area contributed by atoms with Crippen molar-refractivity contribution in [2.24, 2.45) is 7.05 Å². The molecule has 0 saturated carbocycles. The number of aromatic amines is 1. The second-order valence-electron chi connectivity index (χ2n) is 3.36. The van der Waals surface area contributed by atoms with E-state index in [-0.39, 0.29) is 10.5 Å². The van der Waals surface area contributed by atoms with Crippen molar-refractivity contribution in [3.05, 3.63) is 28.8 Å². The molecular formula is C9H7F3N4S. The highest BCUT2D eigenvalue weighted by Gasteiger charge is 2.32. The number of alkyl halides is 3. The van der Waals surface area contributed by atoms with Gasteiger partial charge in [0.05, 0.1) is 5.69 Å². The van der Waals surface area contributed by atoms with E-state index in [1.807, 2.05) is 4.98 Å². The quantitative estimate of drug-likeness (QED) is 0.801. The van der Waals surface area contributed by atoms with Crippen molar-refractivity contribution < 1.29 is 13.2 Å². The van der Waals surface area contributed by atoms with Crippen LogP contribution in [0, 0.1) is 4.77 Å². The van der Waals surface area contributed by atoms with Crippen molar-refractivity contribution in [3.8, 4) is 11.4 Å². The molecule has 0 aliphatic heterocycles. The molecule has 0 atom stereocenters. The first-order chi connectivity index (χ1) is 7.86. The van der Waals surface area contributed by atoms with Crippen LogP contribution in [0.4, 0.5) is 13.2 Å². The van der Waals surface area contributed by atoms with E-state index in [1.165, 1.54) is 4.68 Å². The van der Waals surface area contributed by atoms with E-state index in [0.717, 1.165) is 6.07 Å². The largest absolute Gasteiger partial charge is 0.431 e. The maximum atomic E-state index is 12.5. The van der Waals surface area contributed by atoms with Gasteiger partial charge in [-0.2, -0.15) is 18.3 Å². The van der Waals surface area contributed by atoms with Gasteiger partial charge in [-0.05, 0) is 24.4 Å². The summed E-state index contributed by atoms with van der Waals surface area (Å²) in [5, 5.41) is 3.97. The third-order valence-corrected chi connectivity index (χ3v) is 2.22. The Hall–Kier alpha value is -1.70. The minimum absolute atomic E-state index is 0.0988. The third kappa shape index (κ3) is 2.52. The lowest BCUT2D eigenvalue weighted by molar-refractivity contribution is -0.141. The minimum atomic E-state index is -4.49. The highest BCUT2D eigenvalue weighted by atomic mass is 32.1. The highest BCUT2D eigenvalue weighted by molar-refractivity contribution is 7.71. The fourth-order valence-corrected chi connectivity index (χ4v) is 1.50. The van der Waals surface area contributed by atoms with E-state index in [4.69, 9.17) is 0 Å². The van der Waals surface area contributed by atoms with Crippen molar-refractivity contribution in [3.63, 3.8) is 0 Å². The fraction of sp³-hybridized carbons (Fsp3) is 0.222. The van der Waals surface area contributed by atoms with Gasteiger partial charge in [0, 0.05) is 13.2 Å². The van der Waals surface area contributed by atoms with Gasteiger partial charge in [-0.1, -0.05) is 0 Å². The molecule has 0 aromatic carbocycles. The predicted molar refractivity (Wildman–Crippen MR) is 56.6 cm³/mol. The monoisotopic (exact) mass is 260 g/mol. The maximum absolute atomic E-state index is 12.5. The van der Waals surface area contributed by atoms with Crippen LogP contribution >= 0.6 is 12.2 Å². The number of halogens is 3. The average molecular weight is 260 g/mol. The third-order valence-electron chi connectivity index (χ3n) is 2.03. The lowest BCUT2D eigenvalue weighted by atomic mass is 10.2. The van der Waals surface area contributed by atoms with Crippen LogP contribution in [0.5, 0.6) is 0 Å². The van der Waals surface area contributed by atoms with Gasteiger partial charge in [0.1, 0.15) is 11.4 Å². The number of hydrogen-bond acceptors (Lipinski definition) is 3. The summed E-state index contributed by atoms with van der Waals surface area (Å²) in [5.74, 6) is 0. The molecule has 17 heavy (non-hydrogen) atoms. The van der Waals surface area contributed by atoms with Crippen molar-refractivity contribution in [2.45, 2.75) is 6.18 Å². The van der Waals surface area contributed by atoms with E-state index < -0.39 is 11.9 Å². The zero-order valence-electron chi connectivity index (χ0n) is 8.62. The number of H-pyrrole nitrogens is 1. The Labute approximate surface area is 99.1 Å². The molecule has 8 heteroatoms. The lowest BCUT2D eigenvalue weighted by Crippen LogP contribution is -2.09. The van der Waals surface area contributed by atoms with Gasteiger partial charge in [-0.25, -0.2) is 4.98 Å². The van der Waals surface area contributed by atoms with Gasteiger partial charge >= 0.3 is 6.18 Å². The molecule has 0 fully saturated rings. The van der Waals surface area contributed by atoms with Crippen LogP contribution in [-0.2, 0) is 13.2 Å². The molecule has 2 rings (SSSR count). The van der Waals surface area contributed by atoms with Crippen molar-refractivity contribution >= 4 is 12.2 Å². The summed E-state index contributed by atoms with van der Waals surface area (Å²) in [6.07, 6.45) is -2.87. The number of aryl methyl sites for hydroxylation is 1. The topological polar surface area (TPSA) is 46.5 Å². The molecule has 1 N–H and O–H groups in total. The first-order valence-corrected chi connectivity index (χ1v) is 4.95. The summed E-state index contributed by atoms with van der Waals surface area (Å²) in [6.45, 7) is 0. The molecule has 0 aliphatic carbocycles. The van der Waals surface area contributed by atoms with E-state index in [0.29, 0.717) is 5.69 Å². The summed E-state index contributed by atoms with van der Waals surface area (Å²) in [7, 11) is 1.66. The molecular weight excluding hydrogens is 253 g/mol. The van der Waals surface area contributed by atoms with Crippen LogP contribution < -0.4 is 0 Å². The summed E-state index contributed by atoms with van der Waals surface area (Å²) in [6, 6.07) is 2.45. The fourth-order valence-electron chi connectivity index (χ4n) is 1.29. The average Bonchev–Trinajstić information content (AvgIpc) is 2.62. The number of nitrogens with zero attached hydrogens (tertiary/aromatic N) is 3. The molecule has 0 amide bonds. The van der Waals surface area contributed by atoms with Crippen LogP contribution in [-0.4, -0.2) is 19.7 Å². The number of nitrogens with one attached hydrogen (secondary N) is 1. The SMILES string of the molecule is Cn1ccc(-c2cc(C(F)(F)F)[nH]c(=S)n2)n1. The molecule has 90 valence electrons. The number of hydrogen-bond donors (Lipinski definition) is 1. The van der Waals surface area contributed by atoms with Crippen LogP contribution in [0.15, 0.2) is 18.3 Å². The van der Waals surface area contributed by atoms with Gasteiger partial charge in [-0.3, -0.25) is 4.68 Å². The number of rotatable bonds is 1. The van der Waals surface area contributed by atoms with Crippen LogP contribution in [0.25, 0.3) is 11.4 Å². The lowest BCUT2D eigenvalue weighted by Gasteiger charge is -2.07. The summed E-state index contributed by atoms with van der Waals surface area (Å²) < 4.78 is 38.9. The molecule has 0 saturated heterocycles. The molecule has 4 nitrogen and oxygen atoms in total. The zero-order chi connectivity index (χ0) is 12.6. The molecule has 0 radical (unpaired) electrons. The molecule has 2 aromatic rings. The Balaban J connectivity index is 2.57. The van der Waals surface area contributed by atoms with Gasteiger partial charge in [-0.15, -0.1) is 0 Å². The Morgan fingerprint density at radius 3 is 2.59 bits per heavy atom. The zero-order valence-corrected chi connectivity index (χ0v) is 9.43. The first-order valence-electron chi connectivity index (χ1n) is 4.55. The summed E-state index contributed by atoms with van der Waals surface area (Å²) in [4.78, 5) is 5.82. The van der Waals surface area contributed by atoms with E-state index in [9.17, 15) is 13.2 Å². The van der Waals surface area contributed by atoms with Crippen molar-refractivity contribution in [1.82, 2.24) is 19.7 Å². The van der Waals surface area contributed by atoms with E-state index in [2.05, 4.69) is 22.3 Å². The van der Waals surface area contributed by atoms with E-state index >= 15 is 0 Å². The second kappa shape index (κ2) is 3.95. The Kier molecular flexibility index (Phi) is 2.74. The van der Waals surface area contributed by atoms with Crippen LogP contribution in [0.1, 0.15) is 5.69 Å². The molecule has 2 heterocycles. The van der Waals surface area contributed by atoms with Crippen molar-refractivity contribution in [1.29, 1.82) is 0 Å². The molecule has 2 aromatic heterocycles. The van der Waals surface area contributed by atoms with Crippen LogP contribution in [0.2, 0.25) is 0 Å².